The Morgan fingerprint density at radius 3 is 1.52 bits per heavy atom. The average molecular weight is 1340 g/mol. The number of benzene rings is 2. The lowest BCUT2D eigenvalue weighted by molar-refractivity contribution is -0.140. The molecule has 0 bridgehead atoms. The van der Waals surface area contributed by atoms with E-state index in [0.717, 1.165) is 0 Å². The van der Waals surface area contributed by atoms with Gasteiger partial charge >= 0.3 is 0 Å². The molecule has 1 saturated heterocycles. The predicted octanol–water partition coefficient (Wildman–Crippen LogP) is -6.35. The number of aliphatic hydroxyl groups excluding tert-OH is 1. The number of nitrogens with two attached hydrogens (primary N) is 5. The van der Waals surface area contributed by atoms with E-state index in [-0.39, 0.29) is 81.6 Å². The highest BCUT2D eigenvalue weighted by Gasteiger charge is 2.38. The molecule has 0 radical (unpaired) electrons. The fourth-order valence-electron chi connectivity index (χ4n) is 9.75. The number of phenolic OH excluding ortho intramolecular Hbond substituents is 1. The van der Waals surface area contributed by atoms with Gasteiger partial charge in [-0.15, -0.1) is 0 Å². The van der Waals surface area contributed by atoms with Crippen molar-refractivity contribution in [2.45, 2.75) is 166 Å². The molecule has 1 aliphatic heterocycles. The van der Waals surface area contributed by atoms with Crippen LogP contribution in [0, 0.1) is 11.8 Å². The van der Waals surface area contributed by atoms with Crippen LogP contribution in [0.2, 0.25) is 0 Å². The maximum absolute atomic E-state index is 14.5. The summed E-state index contributed by atoms with van der Waals surface area (Å²) in [5, 5.41) is 47.1. The molecule has 23 N–H and O–H groups in total. The van der Waals surface area contributed by atoms with Crippen molar-refractivity contribution in [3.63, 3.8) is 0 Å². The van der Waals surface area contributed by atoms with Crippen molar-refractivity contribution in [2.75, 3.05) is 39.3 Å². The number of carbonyl (C=O) groups excluding carboxylic acids is 14. The standard InChI is InChI=1S/C61H94N18O16/c1-32(2)24-41(51(64)86)72-49(84)29-68-53(88)43(26-36-12-8-7-9-13-36)73-50(85)30-69-54(89)44(27-37-16-18-38(81)19-17-37)77-58(93)42(25-33(3)4)76-56(91)39(14-10-22-67-61(65)66)75-57(92)40(20-21-47(63)82)74-52(87)35(6)71-48(83)28-70-55(90)45(31-80)78-59(94)46-15-11-23-79(46)60(95)34(5)62/h7-9,12-13,16-19,32-35,39-46,80-81H,10-11,14-15,20-31,62H2,1-6H3,(H2,63,82)(H2,64,86)(H,68,88)(H,69,89)(H,70,90)(H,71,83)(H,72,84)(H,73,85)(H,74,87)(H,75,92)(H,76,91)(H,77,93)(H,78,94)(H4,65,66,67)/t34-,35-,39-,40-,41-,42-,43-,44-,45-,46-/m0/s1. The Morgan fingerprint density at radius 2 is 1.00 bits per heavy atom. The van der Waals surface area contributed by atoms with Crippen LogP contribution in [0.4, 0.5) is 0 Å². The number of primary amides is 2. The number of hydrogen-bond acceptors (Lipinski definition) is 18. The highest BCUT2D eigenvalue weighted by atomic mass is 16.3. The molecule has 3 rings (SSSR count). The summed E-state index contributed by atoms with van der Waals surface area (Å²) >= 11 is 0. The summed E-state index contributed by atoms with van der Waals surface area (Å²) in [7, 11) is 0. The lowest BCUT2D eigenvalue weighted by Gasteiger charge is -2.27. The molecule has 1 fully saturated rings. The maximum atomic E-state index is 14.5. The quantitative estimate of drug-likeness (QED) is 0.0168. The number of aliphatic hydroxyl groups is 1. The number of amides is 14. The molecule has 0 saturated carbocycles. The molecular formula is C61H94N18O16. The van der Waals surface area contributed by atoms with Crippen molar-refractivity contribution in [1.29, 1.82) is 0 Å². The van der Waals surface area contributed by atoms with Gasteiger partial charge in [0.15, 0.2) is 5.96 Å². The Bertz CT molecular complexity index is 3020. The lowest BCUT2D eigenvalue weighted by Crippen LogP contribution is -2.59. The third kappa shape index (κ3) is 29.2. The molecule has 14 amide bonds. The minimum atomic E-state index is -1.60. The van der Waals surface area contributed by atoms with E-state index < -0.39 is 182 Å². The first-order valence-corrected chi connectivity index (χ1v) is 31.1. The number of rotatable bonds is 40. The number of likely N-dealkylation sites (tertiary alicyclic amines) is 1. The van der Waals surface area contributed by atoms with Crippen molar-refractivity contribution in [1.82, 2.24) is 63.4 Å². The maximum Gasteiger partial charge on any atom is 0.245 e. The number of aromatic hydroxyl groups is 1. The molecule has 34 nitrogen and oxygen atoms in total. The predicted molar refractivity (Wildman–Crippen MR) is 344 cm³/mol. The van der Waals surface area contributed by atoms with E-state index in [1.807, 2.05) is 13.8 Å². The summed E-state index contributed by atoms with van der Waals surface area (Å²) < 4.78 is 0. The molecule has 34 heteroatoms. The second-order valence-electron chi connectivity index (χ2n) is 23.8. The van der Waals surface area contributed by atoms with Crippen molar-refractivity contribution >= 4 is 88.7 Å². The first kappa shape index (κ1) is 79.2. The largest absolute Gasteiger partial charge is 0.508 e. The molecule has 0 aliphatic carbocycles. The Hall–Kier alpha value is -9.99. The average Bonchev–Trinajstić information content (AvgIpc) is 1.77. The van der Waals surface area contributed by atoms with Gasteiger partial charge < -0.3 is 102 Å². The summed E-state index contributed by atoms with van der Waals surface area (Å²) in [5.74, 6) is -12.6. The first-order valence-electron chi connectivity index (χ1n) is 31.1. The molecule has 2 aromatic rings. The third-order valence-electron chi connectivity index (χ3n) is 14.6. The Kier molecular flexibility index (Phi) is 33.5. The van der Waals surface area contributed by atoms with Crippen LogP contribution in [0.5, 0.6) is 5.75 Å². The number of guanidine groups is 1. The molecule has 95 heavy (non-hydrogen) atoms. The summed E-state index contributed by atoms with van der Waals surface area (Å²) in [6.45, 7) is 7.04. The second-order valence-corrected chi connectivity index (χ2v) is 23.8. The fourth-order valence-corrected chi connectivity index (χ4v) is 9.75. The molecule has 0 aromatic heterocycles. The van der Waals surface area contributed by atoms with Crippen LogP contribution in [-0.4, -0.2) is 204 Å². The van der Waals surface area contributed by atoms with Crippen LogP contribution in [-0.2, 0) is 80.0 Å². The minimum Gasteiger partial charge on any atom is -0.508 e. The van der Waals surface area contributed by atoms with Crippen molar-refractivity contribution in [3.05, 3.63) is 65.7 Å². The molecule has 10 atom stereocenters. The fraction of sp³-hybridized carbons (Fsp3) is 0.557. The van der Waals surface area contributed by atoms with Gasteiger partial charge in [-0.2, -0.15) is 0 Å². The van der Waals surface area contributed by atoms with E-state index in [9.17, 15) is 77.3 Å². The number of aliphatic imine (C=N–C) groups is 1. The first-order chi connectivity index (χ1) is 44.8. The molecule has 1 heterocycles. The monoisotopic (exact) mass is 1330 g/mol. The second kappa shape index (κ2) is 40.2. The number of nitrogens with zero attached hydrogens (tertiary/aromatic N) is 2. The van der Waals surface area contributed by atoms with Gasteiger partial charge in [0.25, 0.3) is 0 Å². The van der Waals surface area contributed by atoms with E-state index in [1.54, 1.807) is 44.2 Å². The van der Waals surface area contributed by atoms with E-state index in [0.29, 0.717) is 17.5 Å². The van der Waals surface area contributed by atoms with Crippen LogP contribution >= 0.6 is 0 Å². The summed E-state index contributed by atoms with van der Waals surface area (Å²) in [5.41, 5.74) is 28.7. The normalized spacial score (nSPS) is 15.4. The van der Waals surface area contributed by atoms with Crippen molar-refractivity contribution in [2.24, 2.45) is 45.5 Å². The zero-order valence-corrected chi connectivity index (χ0v) is 54.3. The van der Waals surface area contributed by atoms with Crippen LogP contribution in [0.25, 0.3) is 0 Å². The molecule has 524 valence electrons. The van der Waals surface area contributed by atoms with E-state index in [1.165, 1.54) is 43.0 Å². The van der Waals surface area contributed by atoms with Gasteiger partial charge in [0.05, 0.1) is 32.3 Å². The SMILES string of the molecule is CC(C)C[C@H](NC(=O)CNC(=O)[C@H](Cc1ccccc1)NC(=O)CNC(=O)[C@H](Cc1ccc(O)cc1)NC(=O)[C@H](CC(C)C)NC(=O)[C@H](CCCN=C(N)N)NC(=O)[C@H](CCC(N)=O)NC(=O)[C@H](C)NC(=O)CNC(=O)[C@H](CO)NC(=O)[C@@H]1CCCN1C(=O)[C@H](C)N)C(N)=O. The molecule has 0 unspecified atom stereocenters. The molecule has 1 aliphatic rings. The van der Waals surface area contributed by atoms with E-state index in [2.05, 4.69) is 63.5 Å². The highest BCUT2D eigenvalue weighted by Crippen LogP contribution is 2.19. The van der Waals surface area contributed by atoms with Gasteiger partial charge in [-0.05, 0) is 93.9 Å². The summed E-state index contributed by atoms with van der Waals surface area (Å²) in [6, 6.07) is 1.05. The van der Waals surface area contributed by atoms with Gasteiger partial charge in [-0.1, -0.05) is 70.2 Å². The minimum absolute atomic E-state index is 0.000101. The Balaban J connectivity index is 1.81. The lowest BCUT2D eigenvalue weighted by atomic mass is 10.00. The topological polar surface area (TPSA) is 557 Å². The number of phenols is 1. The zero-order chi connectivity index (χ0) is 71.1. The number of hydrogen-bond donors (Lipinski definition) is 18. The molecule has 2 aromatic carbocycles. The molecule has 0 spiro atoms. The number of nitrogens with one attached hydrogen (secondary N) is 11. The van der Waals surface area contributed by atoms with Crippen LogP contribution < -0.4 is 87.2 Å². The van der Waals surface area contributed by atoms with Gasteiger partial charge in [0.1, 0.15) is 60.1 Å². The van der Waals surface area contributed by atoms with E-state index in [4.69, 9.17) is 28.7 Å². The smallest absolute Gasteiger partial charge is 0.245 e. The zero-order valence-electron chi connectivity index (χ0n) is 54.3. The van der Waals surface area contributed by atoms with Gasteiger partial charge in [-0.25, -0.2) is 0 Å². The van der Waals surface area contributed by atoms with Gasteiger partial charge in [-0.3, -0.25) is 72.1 Å². The third-order valence-corrected chi connectivity index (χ3v) is 14.6. The van der Waals surface area contributed by atoms with Crippen LogP contribution in [0.15, 0.2) is 59.6 Å². The van der Waals surface area contributed by atoms with Crippen molar-refractivity contribution < 1.29 is 77.3 Å². The van der Waals surface area contributed by atoms with Gasteiger partial charge in [0, 0.05) is 32.4 Å². The van der Waals surface area contributed by atoms with E-state index >= 15 is 0 Å². The highest BCUT2D eigenvalue weighted by molar-refractivity contribution is 5.99. The summed E-state index contributed by atoms with van der Waals surface area (Å²) in [4.78, 5) is 192. The Labute approximate surface area is 550 Å². The summed E-state index contributed by atoms with van der Waals surface area (Å²) in [6.07, 6.45) is -0.374. The molecular weight excluding hydrogens is 1240 g/mol. The van der Waals surface area contributed by atoms with Crippen LogP contribution in [0.1, 0.15) is 104 Å². The Morgan fingerprint density at radius 1 is 0.537 bits per heavy atom. The van der Waals surface area contributed by atoms with Gasteiger partial charge in [0.2, 0.25) is 82.7 Å². The number of carbonyl (C=O) groups is 14. The van der Waals surface area contributed by atoms with Crippen LogP contribution in [0.3, 0.4) is 0 Å². The van der Waals surface area contributed by atoms with Crippen molar-refractivity contribution in [3.8, 4) is 5.75 Å².